The Morgan fingerprint density at radius 1 is 0.373 bits per heavy atom. The molecule has 51 heavy (non-hydrogen) atoms. The predicted octanol–water partition coefficient (Wildman–Crippen LogP) is 11.4. The van der Waals surface area contributed by atoms with Crippen LogP contribution in [0.4, 0.5) is 0 Å². The van der Waals surface area contributed by atoms with Crippen LogP contribution in [-0.4, -0.2) is 48.5 Å². The monoisotopic (exact) mass is 700 g/mol. The highest BCUT2D eigenvalue weighted by Crippen LogP contribution is 2.40. The third-order valence-corrected chi connectivity index (χ3v) is 11.4. The lowest BCUT2D eigenvalue weighted by atomic mass is 9.90. The normalized spacial score (nSPS) is 19.6. The fourth-order valence-corrected chi connectivity index (χ4v) is 8.08. The van der Waals surface area contributed by atoms with Crippen LogP contribution < -0.4 is 0 Å². The van der Waals surface area contributed by atoms with Crippen molar-refractivity contribution in [1.29, 1.82) is 0 Å². The summed E-state index contributed by atoms with van der Waals surface area (Å²) in [6.45, 7) is 35.1. The molecule has 0 amide bonds. The molecule has 3 aromatic carbocycles. The Labute approximate surface area is 310 Å². The highest BCUT2D eigenvalue weighted by molar-refractivity contribution is 5.49. The van der Waals surface area contributed by atoms with E-state index in [4.69, 9.17) is 0 Å². The van der Waals surface area contributed by atoms with Gasteiger partial charge < -0.3 is 15.3 Å². The van der Waals surface area contributed by atoms with Crippen molar-refractivity contribution in [1.82, 2.24) is 14.7 Å². The molecule has 3 N–H and O–H groups in total. The molecule has 1 saturated heterocycles. The van der Waals surface area contributed by atoms with Gasteiger partial charge in [-0.2, -0.15) is 0 Å². The first-order valence-corrected chi connectivity index (χ1v) is 19.6. The number of phenols is 3. The van der Waals surface area contributed by atoms with Gasteiger partial charge in [-0.15, -0.1) is 0 Å². The van der Waals surface area contributed by atoms with Gasteiger partial charge in [0.25, 0.3) is 0 Å². The molecule has 0 atom stereocenters. The zero-order chi connectivity index (χ0) is 38.2. The molecule has 0 unspecified atom stereocenters. The highest BCUT2D eigenvalue weighted by Gasteiger charge is 2.41. The van der Waals surface area contributed by atoms with Crippen LogP contribution in [0.15, 0.2) is 36.4 Å². The number of aromatic hydroxyl groups is 3. The van der Waals surface area contributed by atoms with Crippen LogP contribution >= 0.6 is 0 Å². The Bertz CT molecular complexity index is 1360. The van der Waals surface area contributed by atoms with Gasteiger partial charge in [-0.3, -0.25) is 14.7 Å². The van der Waals surface area contributed by atoms with Crippen LogP contribution in [0.5, 0.6) is 17.2 Å². The van der Waals surface area contributed by atoms with E-state index in [9.17, 15) is 15.3 Å². The van der Waals surface area contributed by atoms with Gasteiger partial charge in [0.15, 0.2) is 0 Å². The van der Waals surface area contributed by atoms with Crippen LogP contribution in [0.25, 0.3) is 0 Å². The Morgan fingerprint density at radius 3 is 0.667 bits per heavy atom. The summed E-state index contributed by atoms with van der Waals surface area (Å²) in [6.07, 6.45) is 0.336. The molecule has 282 valence electrons. The summed E-state index contributed by atoms with van der Waals surface area (Å²) in [5.41, 5.74) is 9.70. The summed E-state index contributed by atoms with van der Waals surface area (Å²) in [7, 11) is 0. The van der Waals surface area contributed by atoms with Crippen LogP contribution in [-0.2, 0) is 19.6 Å². The summed E-state index contributed by atoms with van der Waals surface area (Å²) in [5.74, 6) is 2.59. The maximum Gasteiger partial charge on any atom is 0.122 e. The van der Waals surface area contributed by atoms with E-state index in [1.54, 1.807) is 0 Å². The minimum atomic E-state index is 0.112. The first kappa shape index (κ1) is 40.7. The van der Waals surface area contributed by atoms with Crippen molar-refractivity contribution in [2.24, 2.45) is 0 Å². The van der Waals surface area contributed by atoms with E-state index in [0.29, 0.717) is 17.2 Å². The van der Waals surface area contributed by atoms with Crippen LogP contribution in [0.2, 0.25) is 0 Å². The molecule has 0 radical (unpaired) electrons. The minimum absolute atomic E-state index is 0.112. The molecule has 0 bridgehead atoms. The molecule has 0 aromatic heterocycles. The molecule has 6 heteroatoms. The predicted molar refractivity (Wildman–Crippen MR) is 214 cm³/mol. The first-order chi connectivity index (χ1) is 23.7. The second-order valence-electron chi connectivity index (χ2n) is 17.2. The molecule has 1 fully saturated rings. The van der Waals surface area contributed by atoms with Crippen LogP contribution in [0.1, 0.15) is 189 Å². The third-order valence-electron chi connectivity index (χ3n) is 11.4. The Morgan fingerprint density at radius 2 is 0.529 bits per heavy atom. The molecule has 1 aliphatic rings. The molecular weight excluding hydrogens is 631 g/mol. The molecule has 1 heterocycles. The Kier molecular flexibility index (Phi) is 13.0. The van der Waals surface area contributed by atoms with Gasteiger partial charge >= 0.3 is 0 Å². The first-order valence-electron chi connectivity index (χ1n) is 19.6. The Balaban J connectivity index is 1.85. The molecule has 1 aliphatic heterocycles. The summed E-state index contributed by atoms with van der Waals surface area (Å²) < 4.78 is 0. The molecule has 0 aliphatic carbocycles. The fraction of sp³-hybridized carbons (Fsp3) is 0.600. The van der Waals surface area contributed by atoms with Gasteiger partial charge in [-0.1, -0.05) is 119 Å². The smallest absolute Gasteiger partial charge is 0.122 e. The minimum Gasteiger partial charge on any atom is -0.507 e. The number of phenolic OH excluding ortho intramolecular Hbond substituents is 3. The summed E-state index contributed by atoms with van der Waals surface area (Å²) >= 11 is 0. The molecule has 6 nitrogen and oxygen atoms in total. The zero-order valence-electron chi connectivity index (χ0n) is 34.5. The van der Waals surface area contributed by atoms with Crippen molar-refractivity contribution in [3.8, 4) is 17.2 Å². The lowest BCUT2D eigenvalue weighted by Crippen LogP contribution is -2.67. The lowest BCUT2D eigenvalue weighted by molar-refractivity contribution is -0.168. The number of nitrogens with zero attached hydrogens (tertiary/aromatic N) is 3. The number of rotatable bonds is 12. The maximum atomic E-state index is 11.2. The summed E-state index contributed by atoms with van der Waals surface area (Å²) in [4.78, 5) is 7.79. The number of hydrogen-bond acceptors (Lipinski definition) is 6. The SMILES string of the molecule is CC(C)c1cc(CN2C(C)N(Cc3cc(C(C)C)c(O)c(C(C)C)c3)C(C)N(Cc3cc(C(C)C)c(O)c(C(C)C)c3)C2C)cc(C(C)C)c1O. The highest BCUT2D eigenvalue weighted by atomic mass is 16.3. The van der Waals surface area contributed by atoms with E-state index < -0.39 is 0 Å². The number of hydrogen-bond donors (Lipinski definition) is 3. The lowest BCUT2D eigenvalue weighted by Gasteiger charge is -2.56. The molecule has 0 spiro atoms. The topological polar surface area (TPSA) is 70.4 Å². The standard InChI is InChI=1S/C45H69N3O3/c1-25(2)37-16-34(17-38(26(3)4)43(37)49)22-46-31(13)47(23-35-18-39(27(5)6)44(50)40(19-35)28(7)8)33(15)48(32(46)14)24-36-20-41(29(9)10)45(51)42(21-36)30(11)12/h16-21,25-33,49-51H,22-24H2,1-15H3. The van der Waals surface area contributed by atoms with Gasteiger partial charge in [0.05, 0.1) is 18.5 Å². The third kappa shape index (κ3) is 8.61. The van der Waals surface area contributed by atoms with Crippen LogP contribution in [0, 0.1) is 0 Å². The van der Waals surface area contributed by atoms with E-state index in [1.165, 1.54) is 16.7 Å². The van der Waals surface area contributed by atoms with Gasteiger partial charge in [0.1, 0.15) is 17.2 Å². The molecule has 0 saturated carbocycles. The van der Waals surface area contributed by atoms with E-state index in [-0.39, 0.29) is 54.0 Å². The van der Waals surface area contributed by atoms with Crippen molar-refractivity contribution in [2.75, 3.05) is 0 Å². The average Bonchev–Trinajstić information content (AvgIpc) is 3.04. The van der Waals surface area contributed by atoms with E-state index >= 15 is 0 Å². The molecule has 4 rings (SSSR count). The van der Waals surface area contributed by atoms with E-state index in [2.05, 4.69) is 155 Å². The van der Waals surface area contributed by atoms with Gasteiger partial charge in [0.2, 0.25) is 0 Å². The van der Waals surface area contributed by atoms with Gasteiger partial charge in [-0.25, -0.2) is 0 Å². The van der Waals surface area contributed by atoms with Crippen molar-refractivity contribution in [2.45, 2.75) is 177 Å². The summed E-state index contributed by atoms with van der Waals surface area (Å²) in [5, 5.41) is 33.7. The van der Waals surface area contributed by atoms with Crippen molar-refractivity contribution >= 4 is 0 Å². The zero-order valence-corrected chi connectivity index (χ0v) is 34.5. The molecule has 3 aromatic rings. The Hall–Kier alpha value is -3.06. The maximum absolute atomic E-state index is 11.2. The summed E-state index contributed by atoms with van der Waals surface area (Å²) in [6, 6.07) is 13.3. The van der Waals surface area contributed by atoms with Crippen molar-refractivity contribution in [3.05, 3.63) is 86.5 Å². The molecular formula is C45H69N3O3. The van der Waals surface area contributed by atoms with Crippen molar-refractivity contribution in [3.63, 3.8) is 0 Å². The second-order valence-corrected chi connectivity index (χ2v) is 17.2. The van der Waals surface area contributed by atoms with Gasteiger partial charge in [0, 0.05) is 19.6 Å². The fourth-order valence-electron chi connectivity index (χ4n) is 8.08. The second kappa shape index (κ2) is 16.3. The van der Waals surface area contributed by atoms with E-state index in [0.717, 1.165) is 53.0 Å². The van der Waals surface area contributed by atoms with Crippen LogP contribution in [0.3, 0.4) is 0 Å². The largest absolute Gasteiger partial charge is 0.507 e. The van der Waals surface area contributed by atoms with E-state index in [1.807, 2.05) is 0 Å². The quantitative estimate of drug-likeness (QED) is 0.175. The van der Waals surface area contributed by atoms with Crippen molar-refractivity contribution < 1.29 is 15.3 Å². The number of benzene rings is 3. The average molecular weight is 700 g/mol. The van der Waals surface area contributed by atoms with Gasteiger partial charge in [-0.05, 0) is 106 Å².